The van der Waals surface area contributed by atoms with Gasteiger partial charge in [-0.2, -0.15) is 0 Å². The molecule has 0 spiro atoms. The summed E-state index contributed by atoms with van der Waals surface area (Å²) in [6.07, 6.45) is 0. The maximum absolute atomic E-state index is 5.01. The van der Waals surface area contributed by atoms with Crippen molar-refractivity contribution in [3.63, 3.8) is 0 Å². The number of rotatable bonds is 0. The van der Waals surface area contributed by atoms with Crippen molar-refractivity contribution >= 4 is 0 Å². The van der Waals surface area contributed by atoms with Crippen LogP contribution in [0.4, 0.5) is 0 Å². The minimum absolute atomic E-state index is 0.889. The maximum atomic E-state index is 5.01. The van der Waals surface area contributed by atoms with E-state index in [2.05, 4.69) is 5.32 Å². The largest absolute Gasteiger partial charge is 0.379 e. The lowest BCUT2D eigenvalue weighted by molar-refractivity contribution is 0.109. The molecule has 1 heterocycles. The molecule has 1 N–H and O–H groups in total. The van der Waals surface area contributed by atoms with Crippen molar-refractivity contribution in [2.24, 2.45) is 0 Å². The first-order valence-corrected chi connectivity index (χ1v) is 2.28. The van der Waals surface area contributed by atoms with E-state index in [0.717, 1.165) is 26.3 Å². The molecule has 1 aliphatic rings. The molecule has 0 aliphatic carbocycles. The van der Waals surface area contributed by atoms with Crippen molar-refractivity contribution in [3.8, 4) is 0 Å². The zero-order chi connectivity index (χ0) is 4.24. The molecule has 1 fully saturated rings. The fourth-order valence-corrected chi connectivity index (χ4v) is 0.516. The van der Waals surface area contributed by atoms with Crippen molar-refractivity contribution < 1.29 is 4.74 Å². The van der Waals surface area contributed by atoms with Crippen LogP contribution in [0.15, 0.2) is 0 Å². The van der Waals surface area contributed by atoms with Crippen molar-refractivity contribution in [1.29, 1.82) is 0 Å². The van der Waals surface area contributed by atoms with E-state index in [4.69, 9.17) is 4.74 Å². The zero-order valence-electron chi connectivity index (χ0n) is 3.74. The van der Waals surface area contributed by atoms with Crippen LogP contribution in [0.1, 0.15) is 0 Å². The second-order valence-corrected chi connectivity index (χ2v) is 1.36. The van der Waals surface area contributed by atoms with Crippen LogP contribution >= 0.6 is 0 Å². The van der Waals surface area contributed by atoms with Gasteiger partial charge in [-0.05, 0) is 0 Å². The molecule has 0 aromatic carbocycles. The third-order valence-electron chi connectivity index (χ3n) is 0.846. The lowest BCUT2D eigenvalue weighted by atomic mass is 10.6. The molecular weight excluding hydrogens is 79.0 g/mol. The molecule has 0 unspecified atom stereocenters. The topological polar surface area (TPSA) is 21.3 Å². The summed E-state index contributed by atoms with van der Waals surface area (Å²) in [6.45, 7) is 3.83. The molecule has 1 aliphatic heterocycles. The van der Waals surface area contributed by atoms with E-state index in [1.807, 2.05) is 0 Å². The normalized spacial score (nSPS) is 24.0. The number of ether oxygens (including phenoxy) is 1. The fraction of sp³-hybridized carbons (Fsp3) is 1.00. The molecule has 1 rings (SSSR count). The summed E-state index contributed by atoms with van der Waals surface area (Å²) in [6, 6.07) is 0. The molecule has 2 nitrogen and oxygen atoms in total. The Balaban J connectivity index is 2.00. The van der Waals surface area contributed by atoms with Crippen LogP contribution in [-0.4, -0.2) is 26.3 Å². The highest BCUT2D eigenvalue weighted by atomic mass is 16.5. The lowest BCUT2D eigenvalue weighted by Crippen LogP contribution is -2.30. The van der Waals surface area contributed by atoms with Gasteiger partial charge in [-0.1, -0.05) is 0 Å². The predicted octanol–water partition coefficient (Wildman–Crippen LogP) is -0.394. The molecule has 36 valence electrons. The summed E-state index contributed by atoms with van der Waals surface area (Å²) >= 11 is 0. The molecule has 0 radical (unpaired) electrons. The number of hydrogen-bond donors (Lipinski definition) is 1. The van der Waals surface area contributed by atoms with Gasteiger partial charge in [0, 0.05) is 13.1 Å². The summed E-state index contributed by atoms with van der Waals surface area (Å²) in [4.78, 5) is 0. The standard InChI is InChI=1S/C4H9NO/c1-3-6-4-2-5-1/h5H,1-4H2/i3+1. The highest BCUT2D eigenvalue weighted by Crippen LogP contribution is 1.76. The minimum atomic E-state index is 0.889. The van der Waals surface area contributed by atoms with Gasteiger partial charge in [-0.15, -0.1) is 0 Å². The van der Waals surface area contributed by atoms with Crippen LogP contribution in [0.25, 0.3) is 0 Å². The third-order valence-corrected chi connectivity index (χ3v) is 0.846. The van der Waals surface area contributed by atoms with E-state index in [1.54, 1.807) is 0 Å². The minimum Gasteiger partial charge on any atom is -0.379 e. The first-order valence-electron chi connectivity index (χ1n) is 2.28. The number of morpholine rings is 1. The second kappa shape index (κ2) is 2.16. The van der Waals surface area contributed by atoms with Gasteiger partial charge < -0.3 is 10.1 Å². The number of hydrogen-bond acceptors (Lipinski definition) is 2. The Bertz CT molecular complexity index is 23.0. The highest BCUT2D eigenvalue weighted by Gasteiger charge is 1.92. The van der Waals surface area contributed by atoms with E-state index >= 15 is 0 Å². The summed E-state index contributed by atoms with van der Waals surface area (Å²) in [5, 5.41) is 3.16. The van der Waals surface area contributed by atoms with Crippen LogP contribution < -0.4 is 5.32 Å². The second-order valence-electron chi connectivity index (χ2n) is 1.36. The van der Waals surface area contributed by atoms with E-state index in [0.29, 0.717) is 0 Å². The third kappa shape index (κ3) is 0.954. The van der Waals surface area contributed by atoms with E-state index in [1.165, 1.54) is 0 Å². The van der Waals surface area contributed by atoms with Gasteiger partial charge in [0.25, 0.3) is 0 Å². The number of nitrogens with one attached hydrogen (secondary N) is 1. The van der Waals surface area contributed by atoms with Crippen LogP contribution in [0.2, 0.25) is 0 Å². The van der Waals surface area contributed by atoms with Gasteiger partial charge in [-0.3, -0.25) is 0 Å². The van der Waals surface area contributed by atoms with Gasteiger partial charge in [0.15, 0.2) is 0 Å². The molecule has 2 heteroatoms. The molecule has 0 atom stereocenters. The SMILES string of the molecule is C1CO[13CH2]CN1. The lowest BCUT2D eigenvalue weighted by Gasteiger charge is -2.10. The average molecular weight is 88.1 g/mol. The zero-order valence-corrected chi connectivity index (χ0v) is 3.74. The molecule has 1 saturated heterocycles. The Morgan fingerprint density at radius 1 is 1.17 bits per heavy atom. The molecule has 0 amide bonds. The van der Waals surface area contributed by atoms with Crippen molar-refractivity contribution in [2.75, 3.05) is 26.3 Å². The van der Waals surface area contributed by atoms with E-state index < -0.39 is 0 Å². The monoisotopic (exact) mass is 88.1 g/mol. The van der Waals surface area contributed by atoms with Crippen LogP contribution in [0, 0.1) is 0 Å². The van der Waals surface area contributed by atoms with Gasteiger partial charge in [0.05, 0.1) is 13.2 Å². The summed E-state index contributed by atoms with van der Waals surface area (Å²) in [7, 11) is 0. The summed E-state index contributed by atoms with van der Waals surface area (Å²) < 4.78 is 5.01. The summed E-state index contributed by atoms with van der Waals surface area (Å²) in [5.41, 5.74) is 0. The Morgan fingerprint density at radius 2 is 1.83 bits per heavy atom. The van der Waals surface area contributed by atoms with E-state index in [9.17, 15) is 0 Å². The van der Waals surface area contributed by atoms with E-state index in [-0.39, 0.29) is 0 Å². The Morgan fingerprint density at radius 3 is 2.00 bits per heavy atom. The Labute approximate surface area is 37.5 Å². The predicted molar refractivity (Wildman–Crippen MR) is 23.7 cm³/mol. The average Bonchev–Trinajstić information content (AvgIpc) is 1.72. The van der Waals surface area contributed by atoms with Crippen molar-refractivity contribution in [3.05, 3.63) is 0 Å². The molecule has 0 aromatic rings. The van der Waals surface area contributed by atoms with Gasteiger partial charge in [0.2, 0.25) is 0 Å². The first kappa shape index (κ1) is 4.09. The Hall–Kier alpha value is -0.0800. The molecular formula is C4H9NO. The van der Waals surface area contributed by atoms with Crippen LogP contribution in [-0.2, 0) is 4.74 Å². The molecule has 0 saturated carbocycles. The van der Waals surface area contributed by atoms with Crippen LogP contribution in [0.3, 0.4) is 0 Å². The quantitative estimate of drug-likeness (QED) is 0.407. The Kier molecular flexibility index (Phi) is 1.47. The van der Waals surface area contributed by atoms with Gasteiger partial charge in [-0.25, -0.2) is 0 Å². The smallest absolute Gasteiger partial charge is 0.0591 e. The summed E-state index contributed by atoms with van der Waals surface area (Å²) in [5.74, 6) is 0. The molecule has 0 bridgehead atoms. The maximum Gasteiger partial charge on any atom is 0.0591 e. The fourth-order valence-electron chi connectivity index (χ4n) is 0.516. The van der Waals surface area contributed by atoms with Gasteiger partial charge in [0.1, 0.15) is 0 Å². The van der Waals surface area contributed by atoms with Crippen molar-refractivity contribution in [2.45, 2.75) is 0 Å². The first-order chi connectivity index (χ1) is 3.00. The molecule has 0 aromatic heterocycles. The van der Waals surface area contributed by atoms with Crippen LogP contribution in [0.5, 0.6) is 0 Å². The highest BCUT2D eigenvalue weighted by molar-refractivity contribution is 4.49. The molecule has 6 heavy (non-hydrogen) atoms. The van der Waals surface area contributed by atoms with Gasteiger partial charge >= 0.3 is 0 Å². The van der Waals surface area contributed by atoms with Crippen molar-refractivity contribution in [1.82, 2.24) is 5.32 Å².